The van der Waals surface area contributed by atoms with Crippen molar-refractivity contribution >= 4 is 5.91 Å². The van der Waals surface area contributed by atoms with Crippen LogP contribution >= 0.6 is 0 Å². The van der Waals surface area contributed by atoms with Gasteiger partial charge in [0.2, 0.25) is 0 Å². The first kappa shape index (κ1) is 22.5. The van der Waals surface area contributed by atoms with Crippen molar-refractivity contribution < 1.29 is 23.4 Å². The van der Waals surface area contributed by atoms with Crippen molar-refractivity contribution in [1.29, 1.82) is 0 Å². The van der Waals surface area contributed by atoms with Crippen LogP contribution in [0.5, 0.6) is 11.6 Å². The lowest BCUT2D eigenvalue weighted by Gasteiger charge is -2.25. The minimum Gasteiger partial charge on any atom is -0.479 e. The molecule has 1 amide bonds. The third kappa shape index (κ3) is 4.27. The highest BCUT2D eigenvalue weighted by molar-refractivity contribution is 5.95. The maximum atomic E-state index is 12.9. The second-order valence-electron chi connectivity index (χ2n) is 8.63. The molecule has 1 unspecified atom stereocenters. The van der Waals surface area contributed by atoms with Gasteiger partial charge in [-0.25, -0.2) is 4.98 Å². The largest absolute Gasteiger partial charge is 0.479 e. The van der Waals surface area contributed by atoms with E-state index in [0.29, 0.717) is 43.7 Å². The van der Waals surface area contributed by atoms with E-state index in [-0.39, 0.29) is 18.1 Å². The standard InChI is InChI=1S/C25H30N4O5/c1-4-17(31-5-2)11-27-24(30)23-15(3)21-19(34-23)9-8-16-12-29(28-22(16)21)13-18-14-32-25-20(33-18)7-6-10-26-25/h6-7,10,12,17-18H,4-5,8-9,11,13-14H2,1-3H3,(H,27,30)/t17-,18?/m0/s1. The number of pyridine rings is 1. The summed E-state index contributed by atoms with van der Waals surface area (Å²) in [4.78, 5) is 17.0. The smallest absolute Gasteiger partial charge is 0.287 e. The number of ether oxygens (including phenoxy) is 3. The quantitative estimate of drug-likeness (QED) is 0.543. The Balaban J connectivity index is 1.32. The van der Waals surface area contributed by atoms with Gasteiger partial charge in [-0.1, -0.05) is 6.92 Å². The lowest BCUT2D eigenvalue weighted by atomic mass is 9.93. The van der Waals surface area contributed by atoms with Crippen LogP contribution in [-0.2, 0) is 24.1 Å². The average molecular weight is 467 g/mol. The first-order chi connectivity index (χ1) is 16.6. The van der Waals surface area contributed by atoms with Gasteiger partial charge in [0.1, 0.15) is 12.4 Å². The molecule has 0 radical (unpaired) electrons. The van der Waals surface area contributed by atoms with E-state index in [4.69, 9.17) is 23.7 Å². The van der Waals surface area contributed by atoms with Crippen molar-refractivity contribution in [3.05, 3.63) is 47.2 Å². The number of aromatic nitrogens is 3. The van der Waals surface area contributed by atoms with Gasteiger partial charge in [-0.05, 0) is 44.4 Å². The molecule has 3 aromatic rings. The van der Waals surface area contributed by atoms with Crippen molar-refractivity contribution in [2.75, 3.05) is 19.8 Å². The molecule has 0 saturated heterocycles. The minimum absolute atomic E-state index is 0.00474. The fourth-order valence-corrected chi connectivity index (χ4v) is 4.58. The Labute approximate surface area is 198 Å². The van der Waals surface area contributed by atoms with Gasteiger partial charge in [0.15, 0.2) is 17.6 Å². The second-order valence-corrected chi connectivity index (χ2v) is 8.63. The molecule has 2 aliphatic rings. The predicted octanol–water partition coefficient (Wildman–Crippen LogP) is 3.33. The van der Waals surface area contributed by atoms with E-state index in [0.717, 1.165) is 47.4 Å². The van der Waals surface area contributed by atoms with Crippen molar-refractivity contribution in [2.24, 2.45) is 0 Å². The van der Waals surface area contributed by atoms with Crippen molar-refractivity contribution in [3.8, 4) is 22.9 Å². The highest BCUT2D eigenvalue weighted by atomic mass is 16.6. The van der Waals surface area contributed by atoms with Gasteiger partial charge < -0.3 is 23.9 Å². The van der Waals surface area contributed by atoms with E-state index in [1.165, 1.54) is 0 Å². The number of hydrogen-bond acceptors (Lipinski definition) is 7. The fraction of sp³-hybridized carbons (Fsp3) is 0.480. The molecule has 0 aromatic carbocycles. The van der Waals surface area contributed by atoms with Crippen LogP contribution in [0, 0.1) is 6.92 Å². The highest BCUT2D eigenvalue weighted by Crippen LogP contribution is 2.38. The van der Waals surface area contributed by atoms with Crippen LogP contribution in [0.15, 0.2) is 28.9 Å². The summed E-state index contributed by atoms with van der Waals surface area (Å²) in [6.45, 7) is 7.96. The molecule has 34 heavy (non-hydrogen) atoms. The van der Waals surface area contributed by atoms with Crippen LogP contribution in [0.3, 0.4) is 0 Å². The zero-order valence-corrected chi connectivity index (χ0v) is 19.8. The Hall–Kier alpha value is -3.33. The number of fused-ring (bicyclic) bond motifs is 4. The van der Waals surface area contributed by atoms with E-state index in [9.17, 15) is 4.79 Å². The lowest BCUT2D eigenvalue weighted by Crippen LogP contribution is -2.33. The maximum Gasteiger partial charge on any atom is 0.287 e. The molecule has 180 valence electrons. The molecule has 1 N–H and O–H groups in total. The maximum absolute atomic E-state index is 12.9. The number of amides is 1. The van der Waals surface area contributed by atoms with Gasteiger partial charge in [0, 0.05) is 43.1 Å². The molecule has 9 heteroatoms. The Kier molecular flexibility index (Phi) is 6.28. The molecule has 3 aromatic heterocycles. The number of rotatable bonds is 8. The normalized spacial score (nSPS) is 17.1. The first-order valence-electron chi connectivity index (χ1n) is 11.9. The molecule has 9 nitrogen and oxygen atoms in total. The Morgan fingerprint density at radius 2 is 2.24 bits per heavy atom. The van der Waals surface area contributed by atoms with Gasteiger partial charge in [-0.3, -0.25) is 9.48 Å². The van der Waals surface area contributed by atoms with Crippen LogP contribution < -0.4 is 14.8 Å². The van der Waals surface area contributed by atoms with E-state index < -0.39 is 0 Å². The molecular weight excluding hydrogens is 436 g/mol. The SMILES string of the molecule is CCO[C@@H](CC)CNC(=O)c1oc2c(c1C)-c1nn(CC3COc4ncccc4O3)cc1CC2. The molecule has 0 spiro atoms. The van der Waals surface area contributed by atoms with E-state index in [1.807, 2.05) is 37.6 Å². The number of hydrogen-bond donors (Lipinski definition) is 1. The van der Waals surface area contributed by atoms with E-state index >= 15 is 0 Å². The summed E-state index contributed by atoms with van der Waals surface area (Å²) in [6.07, 6.45) is 5.95. The third-order valence-electron chi connectivity index (χ3n) is 6.30. The van der Waals surface area contributed by atoms with Gasteiger partial charge in [0.05, 0.1) is 18.3 Å². The van der Waals surface area contributed by atoms with Gasteiger partial charge in [-0.2, -0.15) is 5.10 Å². The van der Waals surface area contributed by atoms with Gasteiger partial charge >= 0.3 is 0 Å². The molecule has 1 aliphatic heterocycles. The molecule has 0 bridgehead atoms. The molecule has 0 saturated carbocycles. The summed E-state index contributed by atoms with van der Waals surface area (Å²) in [6, 6.07) is 3.68. The van der Waals surface area contributed by atoms with Gasteiger partial charge in [-0.15, -0.1) is 0 Å². The molecule has 5 rings (SSSR count). The minimum atomic E-state index is -0.217. The third-order valence-corrected chi connectivity index (χ3v) is 6.30. The Bertz CT molecular complexity index is 1180. The number of carbonyl (C=O) groups excluding carboxylic acids is 1. The fourth-order valence-electron chi connectivity index (χ4n) is 4.58. The van der Waals surface area contributed by atoms with E-state index in [2.05, 4.69) is 16.5 Å². The summed E-state index contributed by atoms with van der Waals surface area (Å²) in [5.41, 5.74) is 3.77. The van der Waals surface area contributed by atoms with Crippen LogP contribution in [0.25, 0.3) is 11.3 Å². The molecule has 4 heterocycles. The average Bonchev–Trinajstić information content (AvgIpc) is 3.41. The summed E-state index contributed by atoms with van der Waals surface area (Å²) in [7, 11) is 0. The number of nitrogens with zero attached hydrogens (tertiary/aromatic N) is 3. The number of nitrogens with one attached hydrogen (secondary N) is 1. The number of aryl methyl sites for hydroxylation is 2. The van der Waals surface area contributed by atoms with Crippen LogP contribution in [0.2, 0.25) is 0 Å². The zero-order valence-electron chi connectivity index (χ0n) is 19.8. The van der Waals surface area contributed by atoms with Crippen LogP contribution in [0.4, 0.5) is 0 Å². The van der Waals surface area contributed by atoms with Crippen molar-refractivity contribution in [1.82, 2.24) is 20.1 Å². The first-order valence-corrected chi connectivity index (χ1v) is 11.9. The predicted molar refractivity (Wildman–Crippen MR) is 124 cm³/mol. The lowest BCUT2D eigenvalue weighted by molar-refractivity contribution is 0.0562. The second kappa shape index (κ2) is 9.50. The summed E-state index contributed by atoms with van der Waals surface area (Å²) >= 11 is 0. The molecule has 2 atom stereocenters. The Morgan fingerprint density at radius 3 is 3.06 bits per heavy atom. The van der Waals surface area contributed by atoms with E-state index in [1.54, 1.807) is 6.20 Å². The van der Waals surface area contributed by atoms with Crippen molar-refractivity contribution in [3.63, 3.8) is 0 Å². The van der Waals surface area contributed by atoms with Gasteiger partial charge in [0.25, 0.3) is 11.8 Å². The van der Waals surface area contributed by atoms with Crippen molar-refractivity contribution in [2.45, 2.75) is 58.8 Å². The van der Waals surface area contributed by atoms with Crippen LogP contribution in [0.1, 0.15) is 47.7 Å². The Morgan fingerprint density at radius 1 is 1.35 bits per heavy atom. The summed E-state index contributed by atoms with van der Waals surface area (Å²) in [5.74, 6) is 2.12. The highest BCUT2D eigenvalue weighted by Gasteiger charge is 2.31. The molecule has 1 aliphatic carbocycles. The summed E-state index contributed by atoms with van der Waals surface area (Å²) < 4.78 is 25.3. The number of carbonyl (C=O) groups is 1. The molecule has 0 fully saturated rings. The monoisotopic (exact) mass is 466 g/mol. The number of furan rings is 1. The topological polar surface area (TPSA) is 101 Å². The molecular formula is C25H30N4O5. The zero-order chi connectivity index (χ0) is 23.7. The summed E-state index contributed by atoms with van der Waals surface area (Å²) in [5, 5.41) is 7.80. The van der Waals surface area contributed by atoms with Crippen LogP contribution in [-0.4, -0.2) is 52.6 Å².